The van der Waals surface area contributed by atoms with Crippen molar-refractivity contribution < 1.29 is 45.2 Å². The molecule has 2 fully saturated rings. The Kier molecular flexibility index (Phi) is 29.1. The highest BCUT2D eigenvalue weighted by Gasteiger charge is 2.49. The van der Waals surface area contributed by atoms with Crippen LogP contribution in [0.15, 0.2) is 0 Å². The molecule has 2 heterocycles. The van der Waals surface area contributed by atoms with E-state index in [1.165, 1.54) is 167 Å². The second-order valence-electron chi connectivity index (χ2n) is 17.8. The molecular weight excluding hydrogens is 696 g/mol. The molecule has 9 heteroatoms. The summed E-state index contributed by atoms with van der Waals surface area (Å²) >= 11 is 0. The number of aliphatic hydroxyl groups is 7. The number of hydrogen-bond donors (Lipinski definition) is 7. The maximum Gasteiger partial charge on any atom is 0.194 e. The van der Waals surface area contributed by atoms with Crippen LogP contribution in [0.25, 0.3) is 0 Å². The molecule has 328 valence electrons. The molecular formula is C46H90O9. The van der Waals surface area contributed by atoms with Gasteiger partial charge in [-0.2, -0.15) is 0 Å². The lowest BCUT2D eigenvalue weighted by Gasteiger charge is -2.43. The van der Waals surface area contributed by atoms with Crippen LogP contribution in [0.1, 0.15) is 219 Å². The number of aliphatic hydroxyl groups excluding tert-OH is 6. The number of rotatable bonds is 35. The van der Waals surface area contributed by atoms with Crippen LogP contribution >= 0.6 is 0 Å². The summed E-state index contributed by atoms with van der Waals surface area (Å²) in [4.78, 5) is 0. The van der Waals surface area contributed by atoms with Crippen molar-refractivity contribution in [2.45, 2.75) is 268 Å². The Hall–Kier alpha value is -0.360. The zero-order valence-electron chi connectivity index (χ0n) is 35.7. The van der Waals surface area contributed by atoms with E-state index < -0.39 is 48.5 Å². The first-order chi connectivity index (χ1) is 26.6. The van der Waals surface area contributed by atoms with E-state index in [1.54, 1.807) is 0 Å². The van der Waals surface area contributed by atoms with E-state index >= 15 is 0 Å². The normalized spacial score (nSPS) is 28.4. The average molecular weight is 787 g/mol. The highest BCUT2D eigenvalue weighted by Crippen LogP contribution is 2.35. The summed E-state index contributed by atoms with van der Waals surface area (Å²) in [6.07, 6.45) is 31.2. The van der Waals surface area contributed by atoms with E-state index in [9.17, 15) is 35.7 Å². The van der Waals surface area contributed by atoms with Crippen LogP contribution in [-0.2, 0) is 9.47 Å². The quantitative estimate of drug-likeness (QED) is 0.0311. The lowest BCUT2D eigenvalue weighted by molar-refractivity contribution is -0.325. The van der Waals surface area contributed by atoms with Gasteiger partial charge in [0.15, 0.2) is 5.79 Å². The fourth-order valence-corrected chi connectivity index (χ4v) is 9.01. The Bertz CT molecular complexity index is 878. The smallest absolute Gasteiger partial charge is 0.194 e. The van der Waals surface area contributed by atoms with Gasteiger partial charge in [-0.15, -0.1) is 0 Å². The Balaban J connectivity index is 1.45. The predicted octanol–water partition coefficient (Wildman–Crippen LogP) is 9.02. The van der Waals surface area contributed by atoms with Gasteiger partial charge in [0.05, 0.1) is 19.3 Å². The lowest BCUT2D eigenvalue weighted by atomic mass is 9.81. The first-order valence-electron chi connectivity index (χ1n) is 23.7. The van der Waals surface area contributed by atoms with Crippen molar-refractivity contribution in [1.82, 2.24) is 0 Å². The summed E-state index contributed by atoms with van der Waals surface area (Å²) in [7, 11) is 0. The largest absolute Gasteiger partial charge is 0.388 e. The van der Waals surface area contributed by atoms with Crippen LogP contribution in [0.5, 0.6) is 0 Å². The first-order valence-corrected chi connectivity index (χ1v) is 23.7. The molecule has 0 aromatic carbocycles. The Labute approximate surface area is 337 Å². The monoisotopic (exact) mass is 787 g/mol. The Morgan fingerprint density at radius 3 is 1.31 bits per heavy atom. The summed E-state index contributed by atoms with van der Waals surface area (Å²) < 4.78 is 11.1. The van der Waals surface area contributed by atoms with Gasteiger partial charge in [-0.3, -0.25) is 0 Å². The second kappa shape index (κ2) is 31.5. The highest BCUT2D eigenvalue weighted by molar-refractivity contribution is 4.94. The second-order valence-corrected chi connectivity index (χ2v) is 17.8. The summed E-state index contributed by atoms with van der Waals surface area (Å²) in [6.45, 7) is 4.29. The molecule has 7 N–H and O–H groups in total. The minimum absolute atomic E-state index is 0.0350. The Morgan fingerprint density at radius 1 is 0.473 bits per heavy atom. The van der Waals surface area contributed by atoms with Gasteiger partial charge in [-0.05, 0) is 24.7 Å². The summed E-state index contributed by atoms with van der Waals surface area (Å²) in [6, 6.07) is 0. The number of unbranched alkanes of at least 4 members (excludes halogenated alkanes) is 24. The SMILES string of the molecule is CCCCCCCCCCCCCCCC(CC)CCCCCCCCCCCCCCCC(CC[C@@]1(O)OC[C@@H](O)[C@H](O)[C@H]1O)[C@@H]1OC[C@@H](O)[C@H](O)[C@H]1O. The standard InChI is InChI=1S/C46H90O9/c1-3-5-6-7-8-9-10-12-15-18-21-24-27-30-37(4-2)31-28-25-22-19-16-13-11-14-17-20-23-26-29-32-38(44-43(51)41(49)39(47)35-54-44)33-34-46(53)45(52)42(50)40(48)36-55-46/h37-45,47-53H,3-36H2,1-2H3/t37?,38?,39-,40-,41+,42+,43-,44+,45-,46-/m1/s1. The van der Waals surface area contributed by atoms with Gasteiger partial charge >= 0.3 is 0 Å². The van der Waals surface area contributed by atoms with Crippen LogP contribution in [0.4, 0.5) is 0 Å². The fraction of sp³-hybridized carbons (Fsp3) is 1.00. The van der Waals surface area contributed by atoms with Crippen molar-refractivity contribution in [2.75, 3.05) is 13.2 Å². The van der Waals surface area contributed by atoms with E-state index in [2.05, 4.69) is 13.8 Å². The summed E-state index contributed by atoms with van der Waals surface area (Å²) in [5, 5.41) is 72.0. The number of hydrogen-bond acceptors (Lipinski definition) is 9. The Morgan fingerprint density at radius 2 is 0.873 bits per heavy atom. The van der Waals surface area contributed by atoms with Crippen molar-refractivity contribution in [3.8, 4) is 0 Å². The lowest BCUT2D eigenvalue weighted by Crippen LogP contribution is -2.61. The molecule has 2 aliphatic rings. The van der Waals surface area contributed by atoms with E-state index in [0.717, 1.165) is 25.2 Å². The summed E-state index contributed by atoms with van der Waals surface area (Å²) in [5.41, 5.74) is 0. The van der Waals surface area contributed by atoms with E-state index in [-0.39, 0.29) is 25.6 Å². The molecule has 0 amide bonds. The minimum atomic E-state index is -2.03. The van der Waals surface area contributed by atoms with Gasteiger partial charge in [0, 0.05) is 6.42 Å². The average Bonchev–Trinajstić information content (AvgIpc) is 3.18. The van der Waals surface area contributed by atoms with Crippen LogP contribution in [0, 0.1) is 11.8 Å². The van der Waals surface area contributed by atoms with Crippen molar-refractivity contribution in [1.29, 1.82) is 0 Å². The predicted molar refractivity (Wildman–Crippen MR) is 223 cm³/mol. The molecule has 0 saturated carbocycles. The molecule has 0 bridgehead atoms. The van der Waals surface area contributed by atoms with Gasteiger partial charge in [-0.1, -0.05) is 200 Å². The van der Waals surface area contributed by atoms with Gasteiger partial charge in [0.25, 0.3) is 0 Å². The topological polar surface area (TPSA) is 160 Å². The third-order valence-electron chi connectivity index (χ3n) is 13.0. The van der Waals surface area contributed by atoms with E-state index in [0.29, 0.717) is 12.8 Å². The van der Waals surface area contributed by atoms with Crippen molar-refractivity contribution in [2.24, 2.45) is 11.8 Å². The first kappa shape index (κ1) is 50.8. The molecule has 0 radical (unpaired) electrons. The maximum absolute atomic E-state index is 10.9. The fourth-order valence-electron chi connectivity index (χ4n) is 9.01. The molecule has 2 saturated heterocycles. The highest BCUT2D eigenvalue weighted by atomic mass is 16.6. The molecule has 0 spiro atoms. The molecule has 2 aliphatic heterocycles. The van der Waals surface area contributed by atoms with Gasteiger partial charge in [-0.25, -0.2) is 0 Å². The van der Waals surface area contributed by atoms with E-state index in [1.807, 2.05) is 0 Å². The van der Waals surface area contributed by atoms with Crippen LogP contribution in [0.3, 0.4) is 0 Å². The van der Waals surface area contributed by atoms with E-state index in [4.69, 9.17) is 9.47 Å². The molecule has 2 unspecified atom stereocenters. The molecule has 10 atom stereocenters. The van der Waals surface area contributed by atoms with Crippen molar-refractivity contribution >= 4 is 0 Å². The number of ether oxygens (including phenoxy) is 2. The molecule has 0 aliphatic carbocycles. The maximum atomic E-state index is 10.9. The van der Waals surface area contributed by atoms with Gasteiger partial charge < -0.3 is 45.2 Å². The van der Waals surface area contributed by atoms with Crippen LogP contribution < -0.4 is 0 Å². The summed E-state index contributed by atoms with van der Waals surface area (Å²) in [5.74, 6) is -1.35. The van der Waals surface area contributed by atoms with Crippen LogP contribution in [-0.4, -0.2) is 97.5 Å². The van der Waals surface area contributed by atoms with Gasteiger partial charge in [0.2, 0.25) is 0 Å². The zero-order chi connectivity index (χ0) is 40.2. The zero-order valence-corrected chi connectivity index (χ0v) is 35.7. The van der Waals surface area contributed by atoms with Crippen molar-refractivity contribution in [3.63, 3.8) is 0 Å². The minimum Gasteiger partial charge on any atom is -0.388 e. The van der Waals surface area contributed by atoms with Crippen LogP contribution in [0.2, 0.25) is 0 Å². The van der Waals surface area contributed by atoms with Crippen molar-refractivity contribution in [3.05, 3.63) is 0 Å². The molecule has 9 nitrogen and oxygen atoms in total. The molecule has 2 rings (SSSR count). The third kappa shape index (κ3) is 21.5. The molecule has 0 aromatic heterocycles. The third-order valence-corrected chi connectivity index (χ3v) is 13.0. The molecule has 0 aromatic rings. The molecule has 55 heavy (non-hydrogen) atoms. The van der Waals surface area contributed by atoms with Gasteiger partial charge in [0.1, 0.15) is 36.6 Å².